The van der Waals surface area contributed by atoms with Crippen molar-refractivity contribution in [2.75, 3.05) is 4.72 Å². The summed E-state index contributed by atoms with van der Waals surface area (Å²) in [4.78, 5) is 4.77. The van der Waals surface area contributed by atoms with Crippen molar-refractivity contribution in [3.63, 3.8) is 0 Å². The Hall–Kier alpha value is -2.92. The number of aliphatic imine (C=N–C) groups is 1. The molecule has 0 saturated carbocycles. The van der Waals surface area contributed by atoms with Crippen molar-refractivity contribution in [1.29, 1.82) is 0 Å². The molecule has 0 amide bonds. The average molecular weight is 378 g/mol. The molecule has 1 N–H and O–H groups in total. The van der Waals surface area contributed by atoms with E-state index >= 15 is 0 Å². The quantitative estimate of drug-likeness (QED) is 0.623. The number of nitrogens with one attached hydrogen (secondary N) is 1. The lowest BCUT2D eigenvalue weighted by molar-refractivity contribution is 0.601. The molecule has 0 bridgehead atoms. The van der Waals surface area contributed by atoms with E-state index in [-0.39, 0.29) is 4.90 Å². The van der Waals surface area contributed by atoms with Gasteiger partial charge >= 0.3 is 0 Å². The molecular formula is C22H22N2O2S. The second kappa shape index (κ2) is 7.76. The highest BCUT2D eigenvalue weighted by Gasteiger charge is 2.15. The summed E-state index contributed by atoms with van der Waals surface area (Å²) in [6, 6.07) is 19.6. The van der Waals surface area contributed by atoms with E-state index in [0.717, 1.165) is 16.7 Å². The number of rotatable bonds is 5. The largest absolute Gasteiger partial charge is 0.277 e. The molecule has 138 valence electrons. The van der Waals surface area contributed by atoms with Crippen LogP contribution in [0.3, 0.4) is 0 Å². The SMILES string of the molecule is Cc1cc(C)c(C=Nc2ccccc2NS(=O)(=O)c2ccccc2)c(C)c1. The predicted octanol–water partition coefficient (Wildman–Crippen LogP) is 5.16. The molecule has 0 heterocycles. The number of aryl methyl sites for hydroxylation is 3. The summed E-state index contributed by atoms with van der Waals surface area (Å²) in [6.07, 6.45) is 1.79. The lowest BCUT2D eigenvalue weighted by Crippen LogP contribution is -2.12. The third-order valence-corrected chi connectivity index (χ3v) is 5.65. The van der Waals surface area contributed by atoms with Crippen molar-refractivity contribution in [1.82, 2.24) is 0 Å². The Labute approximate surface area is 160 Å². The fraction of sp³-hybridized carbons (Fsp3) is 0.136. The van der Waals surface area contributed by atoms with Crippen molar-refractivity contribution in [3.05, 3.63) is 89.0 Å². The van der Waals surface area contributed by atoms with Crippen LogP contribution in [0, 0.1) is 20.8 Å². The van der Waals surface area contributed by atoms with Crippen LogP contribution >= 0.6 is 0 Å². The molecular weight excluding hydrogens is 356 g/mol. The lowest BCUT2D eigenvalue weighted by atomic mass is 10.0. The standard InChI is InChI=1S/C22H22N2O2S/c1-16-13-17(2)20(18(3)14-16)15-23-21-11-7-8-12-22(21)24-27(25,26)19-9-5-4-6-10-19/h4-15,24H,1-3H3. The lowest BCUT2D eigenvalue weighted by Gasteiger charge is -2.11. The predicted molar refractivity (Wildman–Crippen MR) is 112 cm³/mol. The van der Waals surface area contributed by atoms with Crippen LogP contribution in [-0.2, 0) is 10.0 Å². The van der Waals surface area contributed by atoms with Crippen LogP contribution in [0.25, 0.3) is 0 Å². The highest BCUT2D eigenvalue weighted by atomic mass is 32.2. The summed E-state index contributed by atoms with van der Waals surface area (Å²) >= 11 is 0. The Morgan fingerprint density at radius 3 is 2.11 bits per heavy atom. The van der Waals surface area contributed by atoms with E-state index < -0.39 is 10.0 Å². The monoisotopic (exact) mass is 378 g/mol. The van der Waals surface area contributed by atoms with Gasteiger partial charge in [0, 0.05) is 6.21 Å². The molecule has 0 saturated heterocycles. The number of benzene rings is 3. The van der Waals surface area contributed by atoms with Crippen LogP contribution in [0.2, 0.25) is 0 Å². The van der Waals surface area contributed by atoms with Crippen LogP contribution in [0.4, 0.5) is 11.4 Å². The summed E-state index contributed by atoms with van der Waals surface area (Å²) < 4.78 is 27.9. The summed E-state index contributed by atoms with van der Waals surface area (Å²) in [7, 11) is -3.66. The molecule has 4 nitrogen and oxygen atoms in total. The third kappa shape index (κ3) is 4.44. The highest BCUT2D eigenvalue weighted by Crippen LogP contribution is 2.27. The first-order chi connectivity index (χ1) is 12.9. The zero-order valence-electron chi connectivity index (χ0n) is 15.6. The third-order valence-electron chi connectivity index (χ3n) is 4.27. The summed E-state index contributed by atoms with van der Waals surface area (Å²) in [5, 5.41) is 0. The Bertz CT molecular complexity index is 1070. The van der Waals surface area contributed by atoms with Gasteiger partial charge in [0.05, 0.1) is 16.3 Å². The van der Waals surface area contributed by atoms with Crippen molar-refractivity contribution in [3.8, 4) is 0 Å². The summed E-state index contributed by atoms with van der Waals surface area (Å²) in [5.41, 5.74) is 5.54. The van der Waals surface area contributed by atoms with Gasteiger partial charge in [-0.15, -0.1) is 0 Å². The van der Waals surface area contributed by atoms with E-state index in [1.54, 1.807) is 54.7 Å². The van der Waals surface area contributed by atoms with Crippen molar-refractivity contribution >= 4 is 27.6 Å². The highest BCUT2D eigenvalue weighted by molar-refractivity contribution is 7.92. The maximum Gasteiger partial charge on any atom is 0.261 e. The zero-order chi connectivity index (χ0) is 19.4. The fourth-order valence-corrected chi connectivity index (χ4v) is 4.10. The smallest absolute Gasteiger partial charge is 0.261 e. The van der Waals surface area contributed by atoms with Crippen LogP contribution in [0.15, 0.2) is 76.6 Å². The molecule has 5 heteroatoms. The number of para-hydroxylation sites is 2. The molecule has 0 aliphatic heterocycles. The van der Waals surface area contributed by atoms with Gasteiger partial charge in [0.2, 0.25) is 0 Å². The molecule has 0 spiro atoms. The first-order valence-corrected chi connectivity index (χ1v) is 10.1. The maximum atomic E-state index is 12.6. The second-order valence-corrected chi connectivity index (χ2v) is 8.19. The average Bonchev–Trinajstić information content (AvgIpc) is 2.62. The van der Waals surface area contributed by atoms with E-state index in [1.807, 2.05) is 19.9 Å². The van der Waals surface area contributed by atoms with Crippen molar-refractivity contribution in [2.45, 2.75) is 25.7 Å². The van der Waals surface area contributed by atoms with Gasteiger partial charge in [0.25, 0.3) is 10.0 Å². The number of hydrogen-bond acceptors (Lipinski definition) is 3. The molecule has 3 rings (SSSR count). The van der Waals surface area contributed by atoms with Crippen LogP contribution < -0.4 is 4.72 Å². The maximum absolute atomic E-state index is 12.6. The first kappa shape index (κ1) is 18.9. The first-order valence-electron chi connectivity index (χ1n) is 8.65. The number of anilines is 1. The van der Waals surface area contributed by atoms with Gasteiger partial charge in [-0.25, -0.2) is 8.42 Å². The molecule has 0 fully saturated rings. The molecule has 3 aromatic rings. The molecule has 0 aliphatic carbocycles. The minimum atomic E-state index is -3.66. The van der Waals surface area contributed by atoms with Gasteiger partial charge in [0.1, 0.15) is 0 Å². The van der Waals surface area contributed by atoms with Crippen LogP contribution in [0.5, 0.6) is 0 Å². The molecule has 3 aromatic carbocycles. The number of hydrogen-bond donors (Lipinski definition) is 1. The number of nitrogens with zero attached hydrogens (tertiary/aromatic N) is 1. The molecule has 27 heavy (non-hydrogen) atoms. The van der Waals surface area contributed by atoms with Gasteiger partial charge in [-0.3, -0.25) is 9.71 Å². The van der Waals surface area contributed by atoms with Crippen LogP contribution in [-0.4, -0.2) is 14.6 Å². The minimum absolute atomic E-state index is 0.217. The Kier molecular flexibility index (Phi) is 5.42. The topological polar surface area (TPSA) is 58.5 Å². The van der Waals surface area contributed by atoms with Crippen molar-refractivity contribution < 1.29 is 8.42 Å². The van der Waals surface area contributed by atoms with E-state index in [1.165, 1.54) is 5.56 Å². The Morgan fingerprint density at radius 2 is 1.44 bits per heavy atom. The molecule has 0 radical (unpaired) electrons. The molecule has 0 atom stereocenters. The van der Waals surface area contributed by atoms with Gasteiger partial charge in [0.15, 0.2) is 0 Å². The number of sulfonamides is 1. The van der Waals surface area contributed by atoms with E-state index in [4.69, 9.17) is 0 Å². The second-order valence-electron chi connectivity index (χ2n) is 6.51. The van der Waals surface area contributed by atoms with Gasteiger partial charge in [-0.1, -0.05) is 48.0 Å². The molecule has 0 aromatic heterocycles. The van der Waals surface area contributed by atoms with E-state index in [9.17, 15) is 8.42 Å². The Morgan fingerprint density at radius 1 is 0.852 bits per heavy atom. The van der Waals surface area contributed by atoms with Gasteiger partial charge < -0.3 is 0 Å². The van der Waals surface area contributed by atoms with Gasteiger partial charge in [-0.2, -0.15) is 0 Å². The summed E-state index contributed by atoms with van der Waals surface area (Å²) in [6.45, 7) is 6.16. The summed E-state index contributed by atoms with van der Waals surface area (Å²) in [5.74, 6) is 0. The van der Waals surface area contributed by atoms with Crippen molar-refractivity contribution in [2.24, 2.45) is 4.99 Å². The molecule has 0 aliphatic rings. The zero-order valence-corrected chi connectivity index (χ0v) is 16.4. The Balaban J connectivity index is 1.94. The van der Waals surface area contributed by atoms with Crippen LogP contribution in [0.1, 0.15) is 22.3 Å². The van der Waals surface area contributed by atoms with E-state index in [2.05, 4.69) is 28.8 Å². The normalized spacial score (nSPS) is 11.7. The van der Waals surface area contributed by atoms with E-state index in [0.29, 0.717) is 11.4 Å². The molecule has 0 unspecified atom stereocenters. The van der Waals surface area contributed by atoms with Gasteiger partial charge in [-0.05, 0) is 61.7 Å². The fourth-order valence-electron chi connectivity index (χ4n) is 3.00. The minimum Gasteiger partial charge on any atom is -0.277 e.